The summed E-state index contributed by atoms with van der Waals surface area (Å²) in [6.07, 6.45) is 0. The fourth-order valence-electron chi connectivity index (χ4n) is 0.652. The molecule has 0 aliphatic rings. The highest BCUT2D eigenvalue weighted by atomic mass is 32.2. The van der Waals surface area contributed by atoms with Gasteiger partial charge in [0.05, 0.1) is 12.4 Å². The fraction of sp³-hybridized carbons (Fsp3) is 0.833. The lowest BCUT2D eigenvalue weighted by molar-refractivity contribution is 0.206. The van der Waals surface area contributed by atoms with Crippen molar-refractivity contribution < 1.29 is 22.9 Å². The van der Waals surface area contributed by atoms with Crippen LogP contribution in [0.25, 0.3) is 0 Å². The molecule has 0 spiro atoms. The average Bonchev–Trinajstić information content (AvgIpc) is 2.09. The molecule has 0 heterocycles. The van der Waals surface area contributed by atoms with Crippen LogP contribution in [-0.2, 0) is 10.1 Å². The third kappa shape index (κ3) is 6.63. The van der Waals surface area contributed by atoms with Gasteiger partial charge in [0, 0.05) is 20.1 Å². The van der Waals surface area contributed by atoms with Gasteiger partial charge in [0.1, 0.15) is 0 Å². The van der Waals surface area contributed by atoms with Crippen LogP contribution in [0.15, 0.2) is 0 Å². The van der Waals surface area contributed by atoms with Crippen molar-refractivity contribution in [1.29, 1.82) is 0 Å². The van der Waals surface area contributed by atoms with E-state index >= 15 is 0 Å². The number of rotatable bonds is 5. The lowest BCUT2D eigenvalue weighted by Crippen LogP contribution is -2.40. The number of nitrogens with zero attached hydrogens (tertiary/aromatic N) is 1. The van der Waals surface area contributed by atoms with Gasteiger partial charge in [-0.05, 0) is 0 Å². The number of urea groups is 1. The van der Waals surface area contributed by atoms with E-state index in [1.54, 1.807) is 0 Å². The van der Waals surface area contributed by atoms with Crippen molar-refractivity contribution in [2.45, 2.75) is 0 Å². The van der Waals surface area contributed by atoms with Crippen LogP contribution in [0.2, 0.25) is 0 Å². The monoisotopic (exact) mass is 226 g/mol. The third-order valence-electron chi connectivity index (χ3n) is 1.42. The van der Waals surface area contributed by atoms with Crippen molar-refractivity contribution >= 4 is 16.1 Å². The largest absolute Gasteiger partial charge is 0.395 e. The molecule has 0 aromatic carbocycles. The van der Waals surface area contributed by atoms with Crippen molar-refractivity contribution in [3.8, 4) is 0 Å². The van der Waals surface area contributed by atoms with Gasteiger partial charge < -0.3 is 15.3 Å². The van der Waals surface area contributed by atoms with Crippen molar-refractivity contribution in [2.75, 3.05) is 32.5 Å². The highest BCUT2D eigenvalue weighted by molar-refractivity contribution is 7.85. The summed E-state index contributed by atoms with van der Waals surface area (Å²) in [6.45, 7) is -0.178. The average molecular weight is 226 g/mol. The molecular formula is C6H14N2O5S. The van der Waals surface area contributed by atoms with Gasteiger partial charge in [-0.15, -0.1) is 0 Å². The highest BCUT2D eigenvalue weighted by Gasteiger charge is 2.11. The molecule has 0 saturated carbocycles. The predicted octanol–water partition coefficient (Wildman–Crippen LogP) is -1.49. The maximum absolute atomic E-state index is 11.0. The predicted molar refractivity (Wildman–Crippen MR) is 49.5 cm³/mol. The van der Waals surface area contributed by atoms with Crippen molar-refractivity contribution in [3.63, 3.8) is 0 Å². The van der Waals surface area contributed by atoms with Gasteiger partial charge in [-0.25, -0.2) is 4.79 Å². The number of carbonyl (C=O) groups is 1. The van der Waals surface area contributed by atoms with Crippen LogP contribution in [0.1, 0.15) is 0 Å². The third-order valence-corrected chi connectivity index (χ3v) is 2.12. The highest BCUT2D eigenvalue weighted by Crippen LogP contribution is 1.88. The van der Waals surface area contributed by atoms with E-state index in [0.717, 1.165) is 4.90 Å². The summed E-state index contributed by atoms with van der Waals surface area (Å²) in [5.41, 5.74) is 0. The van der Waals surface area contributed by atoms with Gasteiger partial charge in [0.2, 0.25) is 0 Å². The molecule has 0 fully saturated rings. The van der Waals surface area contributed by atoms with Gasteiger partial charge in [-0.2, -0.15) is 8.42 Å². The SMILES string of the molecule is CN(CCS(=O)(=O)O)C(=O)NCCO. The molecular weight excluding hydrogens is 212 g/mol. The first kappa shape index (κ1) is 13.1. The minimum Gasteiger partial charge on any atom is -0.395 e. The van der Waals surface area contributed by atoms with E-state index in [9.17, 15) is 13.2 Å². The summed E-state index contributed by atoms with van der Waals surface area (Å²) < 4.78 is 29.1. The molecule has 14 heavy (non-hydrogen) atoms. The van der Waals surface area contributed by atoms with E-state index in [1.165, 1.54) is 7.05 Å². The van der Waals surface area contributed by atoms with E-state index in [2.05, 4.69) is 5.32 Å². The first-order valence-electron chi connectivity index (χ1n) is 3.92. The summed E-state index contributed by atoms with van der Waals surface area (Å²) in [4.78, 5) is 12.1. The Bertz CT molecular complexity index is 276. The summed E-state index contributed by atoms with van der Waals surface area (Å²) in [5, 5.41) is 10.7. The summed E-state index contributed by atoms with van der Waals surface area (Å²) in [5.74, 6) is -0.504. The van der Waals surface area contributed by atoms with Crippen molar-refractivity contribution in [1.82, 2.24) is 10.2 Å². The van der Waals surface area contributed by atoms with E-state index in [0.29, 0.717) is 0 Å². The molecule has 0 rings (SSSR count). The number of hydrogen-bond acceptors (Lipinski definition) is 4. The zero-order chi connectivity index (χ0) is 11.2. The zero-order valence-electron chi connectivity index (χ0n) is 7.80. The van der Waals surface area contributed by atoms with Gasteiger partial charge in [0.15, 0.2) is 0 Å². The van der Waals surface area contributed by atoms with Gasteiger partial charge in [-0.3, -0.25) is 4.55 Å². The van der Waals surface area contributed by atoms with E-state index < -0.39 is 21.9 Å². The zero-order valence-corrected chi connectivity index (χ0v) is 8.62. The van der Waals surface area contributed by atoms with Crippen molar-refractivity contribution in [3.05, 3.63) is 0 Å². The molecule has 0 bridgehead atoms. The van der Waals surface area contributed by atoms with Crippen LogP contribution in [0.3, 0.4) is 0 Å². The van der Waals surface area contributed by atoms with Crippen LogP contribution in [0, 0.1) is 0 Å². The number of aliphatic hydroxyl groups excluding tert-OH is 1. The Labute approximate surface area is 82.5 Å². The number of carbonyl (C=O) groups excluding carboxylic acids is 1. The molecule has 3 N–H and O–H groups in total. The summed E-state index contributed by atoms with van der Waals surface area (Å²) in [7, 11) is -2.66. The molecule has 0 radical (unpaired) electrons. The lowest BCUT2D eigenvalue weighted by atomic mass is 10.6. The summed E-state index contributed by atoms with van der Waals surface area (Å²) in [6, 6.07) is -0.497. The van der Waals surface area contributed by atoms with E-state index in [4.69, 9.17) is 9.66 Å². The second-order valence-corrected chi connectivity index (χ2v) is 4.24. The topological polar surface area (TPSA) is 107 Å². The Hall–Kier alpha value is -0.860. The normalized spacial score (nSPS) is 11.1. The van der Waals surface area contributed by atoms with Gasteiger partial charge in [-0.1, -0.05) is 0 Å². The smallest absolute Gasteiger partial charge is 0.317 e. The molecule has 8 heteroatoms. The standard InChI is InChI=1S/C6H14N2O5S/c1-8(3-5-14(11,12)13)6(10)7-2-4-9/h9H,2-5H2,1H3,(H,7,10)(H,11,12,13). The van der Waals surface area contributed by atoms with Crippen LogP contribution < -0.4 is 5.32 Å². The van der Waals surface area contributed by atoms with Crippen LogP contribution in [0.5, 0.6) is 0 Å². The molecule has 0 atom stereocenters. The molecule has 0 unspecified atom stereocenters. The Balaban J connectivity index is 3.84. The lowest BCUT2D eigenvalue weighted by Gasteiger charge is -2.16. The Morgan fingerprint density at radius 3 is 2.50 bits per heavy atom. The maximum Gasteiger partial charge on any atom is 0.317 e. The Morgan fingerprint density at radius 1 is 1.50 bits per heavy atom. The minimum atomic E-state index is -4.04. The minimum absolute atomic E-state index is 0.101. The molecule has 7 nitrogen and oxygen atoms in total. The number of amides is 2. The van der Waals surface area contributed by atoms with Crippen molar-refractivity contribution in [2.24, 2.45) is 0 Å². The van der Waals surface area contributed by atoms with Crippen LogP contribution >= 0.6 is 0 Å². The molecule has 0 aliphatic heterocycles. The van der Waals surface area contributed by atoms with Crippen LogP contribution in [0.4, 0.5) is 4.79 Å². The Morgan fingerprint density at radius 2 is 2.07 bits per heavy atom. The summed E-state index contributed by atoms with van der Waals surface area (Å²) >= 11 is 0. The Kier molecular flexibility index (Phi) is 5.43. The van der Waals surface area contributed by atoms with Gasteiger partial charge in [0.25, 0.3) is 10.1 Å². The molecule has 0 aromatic heterocycles. The first-order valence-corrected chi connectivity index (χ1v) is 5.52. The fourth-order valence-corrected chi connectivity index (χ4v) is 1.16. The quantitative estimate of drug-likeness (QED) is 0.495. The second kappa shape index (κ2) is 5.78. The van der Waals surface area contributed by atoms with E-state index in [1.807, 2.05) is 0 Å². The molecule has 2 amide bonds. The van der Waals surface area contributed by atoms with Gasteiger partial charge >= 0.3 is 6.03 Å². The number of aliphatic hydroxyl groups is 1. The first-order chi connectivity index (χ1) is 6.37. The molecule has 0 saturated heterocycles. The molecule has 0 aliphatic carbocycles. The maximum atomic E-state index is 11.0. The van der Waals surface area contributed by atoms with Crippen LogP contribution in [-0.4, -0.2) is 61.5 Å². The number of nitrogens with one attached hydrogen (secondary N) is 1. The second-order valence-electron chi connectivity index (χ2n) is 2.66. The molecule has 84 valence electrons. The van der Waals surface area contributed by atoms with E-state index in [-0.39, 0.29) is 19.7 Å². The molecule has 0 aromatic rings. The number of hydrogen-bond donors (Lipinski definition) is 3.